The third kappa shape index (κ3) is 7.44. The largest absolute Gasteiger partial charge is 1.00 e. The zero-order chi connectivity index (χ0) is 19.4. The number of carbonyl (C=O) groups excluding carboxylic acids is 3. The summed E-state index contributed by atoms with van der Waals surface area (Å²) in [4.78, 5) is 34.3. The molecule has 29 heavy (non-hydrogen) atoms. The van der Waals surface area contributed by atoms with Gasteiger partial charge in [-0.2, -0.15) is 0 Å². The van der Waals surface area contributed by atoms with Crippen molar-refractivity contribution in [1.29, 1.82) is 0 Å². The van der Waals surface area contributed by atoms with Crippen LogP contribution in [0.5, 0.6) is 0 Å². The summed E-state index contributed by atoms with van der Waals surface area (Å²) in [6, 6.07) is 12.2. The Hall–Kier alpha value is -0.237. The van der Waals surface area contributed by atoms with Crippen molar-refractivity contribution >= 4 is 29.9 Å². The van der Waals surface area contributed by atoms with Gasteiger partial charge in [-0.1, -0.05) is 48.5 Å². The van der Waals surface area contributed by atoms with Crippen molar-refractivity contribution in [2.45, 2.75) is 0 Å². The molecule has 0 radical (unpaired) electrons. The summed E-state index contributed by atoms with van der Waals surface area (Å²) < 4.78 is 0. The Morgan fingerprint density at radius 3 is 1.38 bits per heavy atom. The van der Waals surface area contributed by atoms with Crippen molar-refractivity contribution in [3.05, 3.63) is 81.9 Å². The van der Waals surface area contributed by atoms with Crippen molar-refractivity contribution in [2.24, 2.45) is 0 Å². The van der Waals surface area contributed by atoms with Gasteiger partial charge >= 0.3 is 103 Å². The maximum absolute atomic E-state index is 12.7. The minimum Gasteiger partial charge on any atom is -0.545 e. The molecule has 0 saturated carbocycles. The fourth-order valence-electron chi connectivity index (χ4n) is 2.77. The van der Waals surface area contributed by atoms with E-state index in [9.17, 15) is 24.6 Å². The summed E-state index contributed by atoms with van der Waals surface area (Å²) in [5.74, 6) is -2.61. The van der Waals surface area contributed by atoms with Crippen LogP contribution >= 0.6 is 0 Å². The van der Waals surface area contributed by atoms with Crippen molar-refractivity contribution in [3.63, 3.8) is 0 Å². The molecule has 0 aromatic heterocycles. The van der Waals surface area contributed by atoms with Crippen LogP contribution in [0.3, 0.4) is 0 Å². The molecule has 1 N–H and O–H groups in total. The van der Waals surface area contributed by atoms with Crippen LogP contribution in [-0.4, -0.2) is 30.8 Å². The number of piperidine rings is 1. The number of nitrogens with one attached hydrogen (secondary N) is 1. The van der Waals surface area contributed by atoms with Crippen LogP contribution in [-0.2, 0) is 4.79 Å². The number of carboxylic acid groups (broad SMARTS) is 2. The molecule has 8 heteroatoms. The molecule has 0 spiro atoms. The summed E-state index contributed by atoms with van der Waals surface area (Å²) in [5, 5.41) is 24.7. The van der Waals surface area contributed by atoms with Gasteiger partial charge < -0.3 is 25.1 Å². The quantitative estimate of drug-likeness (QED) is 0.375. The van der Waals surface area contributed by atoms with Crippen molar-refractivity contribution in [1.82, 2.24) is 5.32 Å². The van der Waals surface area contributed by atoms with Gasteiger partial charge in [-0.3, -0.25) is 4.79 Å². The second kappa shape index (κ2) is 12.6. The van der Waals surface area contributed by atoms with E-state index in [2.05, 4.69) is 5.32 Å². The summed E-state index contributed by atoms with van der Waals surface area (Å²) in [5.41, 5.74) is 2.69. The molecule has 0 bridgehead atoms. The number of carbonyl (C=O) groups is 3. The predicted octanol–water partition coefficient (Wildman–Crippen LogP) is -5.94. The van der Waals surface area contributed by atoms with Crippen molar-refractivity contribution in [3.8, 4) is 0 Å². The second-order valence-corrected chi connectivity index (χ2v) is 6.09. The maximum atomic E-state index is 12.7. The number of aromatic carboxylic acids is 2. The van der Waals surface area contributed by atoms with E-state index in [1.54, 1.807) is 36.4 Å². The van der Waals surface area contributed by atoms with Crippen LogP contribution in [0.25, 0.3) is 12.2 Å². The molecule has 1 aliphatic rings. The summed E-state index contributed by atoms with van der Waals surface area (Å²) in [6.45, 7) is 0.810. The Balaban J connectivity index is 0.00000210. The zero-order valence-corrected chi connectivity index (χ0v) is 22.5. The summed E-state index contributed by atoms with van der Waals surface area (Å²) in [6.07, 6.45) is 3.42. The Kier molecular flexibility index (Phi) is 11.6. The van der Waals surface area contributed by atoms with E-state index in [1.807, 2.05) is 0 Å². The fraction of sp³-hybridized carbons (Fsp3) is 0.0952. The molecular weight excluding hydrogens is 424 g/mol. The normalized spacial score (nSPS) is 16.1. The predicted molar refractivity (Wildman–Crippen MR) is 95.4 cm³/mol. The van der Waals surface area contributed by atoms with E-state index in [-0.39, 0.29) is 120 Å². The summed E-state index contributed by atoms with van der Waals surface area (Å²) in [7, 11) is 0. The molecule has 0 atom stereocenters. The van der Waals surface area contributed by atoms with E-state index < -0.39 is 11.9 Å². The van der Waals surface area contributed by atoms with Crippen molar-refractivity contribution in [2.75, 3.05) is 13.1 Å². The van der Waals surface area contributed by atoms with E-state index in [4.69, 9.17) is 0 Å². The monoisotopic (exact) mass is 439 g/mol. The van der Waals surface area contributed by atoms with Crippen LogP contribution in [0, 0.1) is 0 Å². The second-order valence-electron chi connectivity index (χ2n) is 6.09. The van der Waals surface area contributed by atoms with Gasteiger partial charge in [-0.25, -0.2) is 0 Å². The van der Waals surface area contributed by atoms with Gasteiger partial charge in [0.25, 0.3) is 0 Å². The first kappa shape index (κ1) is 26.8. The molecule has 1 fully saturated rings. The minimum absolute atomic E-state index is 0. The molecule has 6 nitrogen and oxygen atoms in total. The number of benzene rings is 2. The van der Waals surface area contributed by atoms with Crippen LogP contribution in [0.1, 0.15) is 31.8 Å². The van der Waals surface area contributed by atoms with E-state index in [1.165, 1.54) is 24.3 Å². The fourth-order valence-corrected chi connectivity index (χ4v) is 2.77. The Morgan fingerprint density at radius 1 is 0.724 bits per heavy atom. The maximum Gasteiger partial charge on any atom is 1.00 e. The Labute approximate surface area is 253 Å². The van der Waals surface area contributed by atoms with Crippen LogP contribution < -0.4 is 118 Å². The molecule has 1 aliphatic heterocycles. The van der Waals surface area contributed by atoms with E-state index in [0.29, 0.717) is 35.4 Å². The molecule has 1 saturated heterocycles. The SMILES string of the molecule is O=C1/C(=C/c2ccc(C(=O)[O-])cc2)CNC/C1=C\c1ccc(C(=O)[O-])cc1.[K+].[K+]. The third-order valence-corrected chi connectivity index (χ3v) is 4.19. The first-order chi connectivity index (χ1) is 12.9. The molecule has 0 amide bonds. The van der Waals surface area contributed by atoms with E-state index in [0.717, 1.165) is 0 Å². The van der Waals surface area contributed by atoms with Gasteiger partial charge in [0.15, 0.2) is 5.78 Å². The first-order valence-corrected chi connectivity index (χ1v) is 8.23. The average Bonchev–Trinajstić information content (AvgIpc) is 2.66. The topological polar surface area (TPSA) is 109 Å². The van der Waals surface area contributed by atoms with Gasteiger partial charge in [0.05, 0.1) is 11.9 Å². The zero-order valence-electron chi connectivity index (χ0n) is 16.2. The molecule has 2 aromatic rings. The van der Waals surface area contributed by atoms with Crippen LogP contribution in [0.2, 0.25) is 0 Å². The molecule has 0 aliphatic carbocycles. The average molecular weight is 440 g/mol. The smallest absolute Gasteiger partial charge is 0.545 e. The van der Waals surface area contributed by atoms with Crippen LogP contribution in [0.15, 0.2) is 59.7 Å². The number of Topliss-reactive ketones (excluding diaryl/α,β-unsaturated/α-hetero) is 1. The number of carboxylic acids is 2. The molecular formula is C21H15K2NO5. The van der Waals surface area contributed by atoms with Crippen molar-refractivity contribution < 1.29 is 127 Å². The van der Waals surface area contributed by atoms with Gasteiger partial charge in [-0.15, -0.1) is 0 Å². The third-order valence-electron chi connectivity index (χ3n) is 4.19. The van der Waals surface area contributed by atoms with Gasteiger partial charge in [0.2, 0.25) is 0 Å². The van der Waals surface area contributed by atoms with Gasteiger partial charge in [-0.05, 0) is 34.4 Å². The van der Waals surface area contributed by atoms with Gasteiger partial charge in [0.1, 0.15) is 0 Å². The number of ketones is 1. The number of hydrogen-bond acceptors (Lipinski definition) is 6. The Morgan fingerprint density at radius 2 is 1.07 bits per heavy atom. The number of rotatable bonds is 4. The standard InChI is InChI=1S/C21H17NO5.2K/c23-19-17(9-13-1-5-15(6-2-13)20(24)25)11-22-12-18(19)10-14-3-7-16(8-4-14)21(26)27;;/h1-10,22H,11-12H2,(H,24,25)(H,26,27);;/q;2*+1/p-2/b17-9+,18-10+;;. The minimum atomic E-state index is -1.25. The molecule has 1 heterocycles. The first-order valence-electron chi connectivity index (χ1n) is 8.23. The number of hydrogen-bond donors (Lipinski definition) is 1. The van der Waals surface area contributed by atoms with Crippen LogP contribution in [0.4, 0.5) is 0 Å². The molecule has 2 aromatic carbocycles. The molecule has 136 valence electrons. The molecule has 0 unspecified atom stereocenters. The molecule has 3 rings (SSSR count). The van der Waals surface area contributed by atoms with E-state index >= 15 is 0 Å². The summed E-state index contributed by atoms with van der Waals surface area (Å²) >= 11 is 0. The Bertz CT molecular complexity index is 886. The van der Waals surface area contributed by atoms with Gasteiger partial charge in [0, 0.05) is 24.2 Å².